The van der Waals surface area contributed by atoms with Crippen LogP contribution in [-0.4, -0.2) is 0 Å². The van der Waals surface area contributed by atoms with Gasteiger partial charge in [0.1, 0.15) is 17.6 Å². The van der Waals surface area contributed by atoms with Crippen LogP contribution in [0.5, 0.6) is 11.5 Å². The fraction of sp³-hybridized carbons (Fsp3) is 0.0714. The molecule has 4 heteroatoms. The second-order valence-electron chi connectivity index (χ2n) is 3.70. The maximum atomic E-state index is 9.04. The van der Waals surface area contributed by atoms with Crippen molar-refractivity contribution < 1.29 is 4.74 Å². The molecular weight excluding hydrogens is 292 g/mol. The van der Waals surface area contributed by atoms with Crippen LogP contribution in [0.15, 0.2) is 46.9 Å². The molecule has 90 valence electrons. The Kier molecular flexibility index (Phi) is 3.98. The molecule has 0 aliphatic carbocycles. The molecule has 2 aromatic carbocycles. The molecule has 2 N–H and O–H groups in total. The van der Waals surface area contributed by atoms with Crippen molar-refractivity contribution in [3.05, 3.63) is 58.1 Å². The molecule has 2 aromatic rings. The van der Waals surface area contributed by atoms with Crippen LogP contribution in [0.2, 0.25) is 0 Å². The van der Waals surface area contributed by atoms with Gasteiger partial charge in [-0.2, -0.15) is 5.26 Å². The van der Waals surface area contributed by atoms with Crippen LogP contribution < -0.4 is 10.5 Å². The van der Waals surface area contributed by atoms with Crippen LogP contribution in [0.3, 0.4) is 0 Å². The second-order valence-corrected chi connectivity index (χ2v) is 4.62. The molecule has 2 rings (SSSR count). The van der Waals surface area contributed by atoms with Crippen LogP contribution in [0.4, 0.5) is 0 Å². The van der Waals surface area contributed by atoms with Crippen molar-refractivity contribution in [3.63, 3.8) is 0 Å². The van der Waals surface area contributed by atoms with Gasteiger partial charge < -0.3 is 10.5 Å². The summed E-state index contributed by atoms with van der Waals surface area (Å²) in [5.74, 6) is 1.23. The Morgan fingerprint density at radius 1 is 1.17 bits per heavy atom. The monoisotopic (exact) mass is 302 g/mol. The first-order chi connectivity index (χ1) is 8.72. The standard InChI is InChI=1S/C14H11BrN2O/c15-12-3-6-14(11(7-12)9-17)18-13-4-1-10(8-16)2-5-13/h1-7H,8,16H2. The third kappa shape index (κ3) is 2.89. The Labute approximate surface area is 114 Å². The van der Waals surface area contributed by atoms with Crippen LogP contribution in [0.25, 0.3) is 0 Å². The summed E-state index contributed by atoms with van der Waals surface area (Å²) in [5.41, 5.74) is 7.06. The number of hydrogen-bond donors (Lipinski definition) is 1. The van der Waals surface area contributed by atoms with Crippen molar-refractivity contribution in [3.8, 4) is 17.6 Å². The van der Waals surface area contributed by atoms with Crippen molar-refractivity contribution in [2.75, 3.05) is 0 Å². The van der Waals surface area contributed by atoms with Gasteiger partial charge in [0.25, 0.3) is 0 Å². The van der Waals surface area contributed by atoms with E-state index in [1.165, 1.54) is 0 Å². The Hall–Kier alpha value is -1.83. The maximum Gasteiger partial charge on any atom is 0.145 e. The predicted octanol–water partition coefficient (Wildman–Crippen LogP) is 3.57. The Morgan fingerprint density at radius 2 is 1.89 bits per heavy atom. The molecule has 0 bridgehead atoms. The highest BCUT2D eigenvalue weighted by Crippen LogP contribution is 2.27. The fourth-order valence-corrected chi connectivity index (χ4v) is 1.86. The lowest BCUT2D eigenvalue weighted by molar-refractivity contribution is 0.481. The number of nitriles is 1. The Morgan fingerprint density at radius 3 is 2.50 bits per heavy atom. The molecule has 0 aliphatic heterocycles. The van der Waals surface area contributed by atoms with Crippen LogP contribution in [-0.2, 0) is 6.54 Å². The average Bonchev–Trinajstić information content (AvgIpc) is 2.41. The summed E-state index contributed by atoms with van der Waals surface area (Å²) in [6.45, 7) is 0.502. The van der Waals surface area contributed by atoms with Gasteiger partial charge in [-0.3, -0.25) is 0 Å². The molecular formula is C14H11BrN2O. The smallest absolute Gasteiger partial charge is 0.145 e. The zero-order chi connectivity index (χ0) is 13.0. The third-order valence-corrected chi connectivity index (χ3v) is 2.94. The van der Waals surface area contributed by atoms with E-state index in [-0.39, 0.29) is 0 Å². The molecule has 0 aliphatic rings. The zero-order valence-corrected chi connectivity index (χ0v) is 11.1. The van der Waals surface area contributed by atoms with Gasteiger partial charge >= 0.3 is 0 Å². The number of halogens is 1. The first kappa shape index (κ1) is 12.6. The highest BCUT2D eigenvalue weighted by atomic mass is 79.9. The van der Waals surface area contributed by atoms with Crippen molar-refractivity contribution in [2.24, 2.45) is 5.73 Å². The summed E-state index contributed by atoms with van der Waals surface area (Å²) >= 11 is 3.32. The van der Waals surface area contributed by atoms with Gasteiger partial charge in [-0.1, -0.05) is 28.1 Å². The topological polar surface area (TPSA) is 59.0 Å². The van der Waals surface area contributed by atoms with Crippen LogP contribution in [0, 0.1) is 11.3 Å². The highest BCUT2D eigenvalue weighted by molar-refractivity contribution is 9.10. The number of nitrogens with two attached hydrogens (primary N) is 1. The zero-order valence-electron chi connectivity index (χ0n) is 9.56. The van der Waals surface area contributed by atoms with Crippen molar-refractivity contribution in [1.82, 2.24) is 0 Å². The summed E-state index contributed by atoms with van der Waals surface area (Å²) < 4.78 is 6.52. The summed E-state index contributed by atoms with van der Waals surface area (Å²) in [6, 6.07) is 14.9. The highest BCUT2D eigenvalue weighted by Gasteiger charge is 2.05. The number of ether oxygens (including phenoxy) is 1. The molecule has 0 saturated carbocycles. The minimum atomic E-state index is 0.493. The molecule has 0 unspecified atom stereocenters. The Balaban J connectivity index is 2.25. The quantitative estimate of drug-likeness (QED) is 0.943. The van der Waals surface area contributed by atoms with Crippen LogP contribution in [0.1, 0.15) is 11.1 Å². The molecule has 0 saturated heterocycles. The lowest BCUT2D eigenvalue weighted by atomic mass is 10.2. The molecule has 18 heavy (non-hydrogen) atoms. The lowest BCUT2D eigenvalue weighted by Gasteiger charge is -2.08. The minimum absolute atomic E-state index is 0.493. The van der Waals surface area contributed by atoms with E-state index in [1.54, 1.807) is 12.1 Å². The minimum Gasteiger partial charge on any atom is -0.456 e. The number of benzene rings is 2. The van der Waals surface area contributed by atoms with E-state index in [4.69, 9.17) is 15.7 Å². The molecule has 0 amide bonds. The summed E-state index contributed by atoms with van der Waals surface area (Å²) in [7, 11) is 0. The molecule has 0 spiro atoms. The van der Waals surface area contributed by atoms with Gasteiger partial charge in [-0.05, 0) is 35.9 Å². The van der Waals surface area contributed by atoms with E-state index in [2.05, 4.69) is 22.0 Å². The normalized spacial score (nSPS) is 9.83. The number of hydrogen-bond acceptors (Lipinski definition) is 3. The maximum absolute atomic E-state index is 9.04. The van der Waals surface area contributed by atoms with Crippen molar-refractivity contribution >= 4 is 15.9 Å². The van der Waals surface area contributed by atoms with E-state index in [9.17, 15) is 0 Å². The van der Waals surface area contributed by atoms with Gasteiger partial charge in [0.15, 0.2) is 0 Å². The SMILES string of the molecule is N#Cc1cc(Br)ccc1Oc1ccc(CN)cc1. The molecule has 0 fully saturated rings. The van der Waals surface area contributed by atoms with Crippen molar-refractivity contribution in [2.45, 2.75) is 6.54 Å². The summed E-state index contributed by atoms with van der Waals surface area (Å²) in [4.78, 5) is 0. The molecule has 0 atom stereocenters. The largest absolute Gasteiger partial charge is 0.456 e. The van der Waals surface area contributed by atoms with E-state index in [0.29, 0.717) is 23.6 Å². The predicted molar refractivity (Wildman–Crippen MR) is 73.3 cm³/mol. The summed E-state index contributed by atoms with van der Waals surface area (Å²) in [6.07, 6.45) is 0. The van der Waals surface area contributed by atoms with Crippen LogP contribution >= 0.6 is 15.9 Å². The van der Waals surface area contributed by atoms with E-state index < -0.39 is 0 Å². The average molecular weight is 303 g/mol. The first-order valence-corrected chi connectivity index (χ1v) is 6.19. The third-order valence-electron chi connectivity index (χ3n) is 2.45. The van der Waals surface area contributed by atoms with Gasteiger partial charge in [-0.15, -0.1) is 0 Å². The van der Waals surface area contributed by atoms with Crippen molar-refractivity contribution in [1.29, 1.82) is 5.26 Å². The second kappa shape index (κ2) is 5.67. The summed E-state index contributed by atoms with van der Waals surface area (Å²) in [5, 5.41) is 9.04. The van der Waals surface area contributed by atoms with Gasteiger partial charge in [-0.25, -0.2) is 0 Å². The molecule has 3 nitrogen and oxygen atoms in total. The fourth-order valence-electron chi connectivity index (χ4n) is 1.50. The van der Waals surface area contributed by atoms with Gasteiger partial charge in [0.2, 0.25) is 0 Å². The molecule has 0 aromatic heterocycles. The molecule has 0 radical (unpaired) electrons. The van der Waals surface area contributed by atoms with E-state index in [1.807, 2.05) is 30.3 Å². The molecule has 0 heterocycles. The first-order valence-electron chi connectivity index (χ1n) is 5.39. The number of rotatable bonds is 3. The number of nitrogens with zero attached hydrogens (tertiary/aromatic N) is 1. The van der Waals surface area contributed by atoms with Gasteiger partial charge in [0, 0.05) is 11.0 Å². The Bertz CT molecular complexity index is 588. The van der Waals surface area contributed by atoms with E-state index >= 15 is 0 Å². The van der Waals surface area contributed by atoms with Gasteiger partial charge in [0.05, 0.1) is 5.56 Å². The van der Waals surface area contributed by atoms with E-state index in [0.717, 1.165) is 10.0 Å². The lowest BCUT2D eigenvalue weighted by Crippen LogP contribution is -1.95.